The molecule has 0 radical (unpaired) electrons. The third-order valence-electron chi connectivity index (χ3n) is 6.33. The van der Waals surface area contributed by atoms with Gasteiger partial charge < -0.3 is 5.32 Å². The van der Waals surface area contributed by atoms with E-state index < -0.39 is 0 Å². The zero-order valence-electron chi connectivity index (χ0n) is 12.6. The molecule has 4 aliphatic carbocycles. The zero-order chi connectivity index (χ0) is 13.4. The van der Waals surface area contributed by atoms with E-state index in [0.717, 1.165) is 17.8 Å². The van der Waals surface area contributed by atoms with Crippen molar-refractivity contribution in [1.29, 1.82) is 0 Å². The van der Waals surface area contributed by atoms with Crippen LogP contribution in [-0.4, -0.2) is 6.54 Å². The van der Waals surface area contributed by atoms with E-state index in [4.69, 9.17) is 0 Å². The fourth-order valence-corrected chi connectivity index (χ4v) is 5.72. The van der Waals surface area contributed by atoms with Crippen LogP contribution >= 0.6 is 0 Å². The van der Waals surface area contributed by atoms with E-state index in [1.54, 1.807) is 32.1 Å². The average molecular weight is 270 g/mol. The summed E-state index contributed by atoms with van der Waals surface area (Å²) in [5, 5.41) is 2.60. The minimum absolute atomic E-state index is 0.702. The second-order valence-electron chi connectivity index (χ2n) is 7.93. The van der Waals surface area contributed by atoms with Gasteiger partial charge in [-0.15, -0.1) is 0 Å². The van der Waals surface area contributed by atoms with Gasteiger partial charge in [0.05, 0.1) is 6.54 Å². The Morgan fingerprint density at radius 1 is 0.950 bits per heavy atom. The molecule has 1 aromatic rings. The summed E-state index contributed by atoms with van der Waals surface area (Å²) < 4.78 is 0. The predicted octanol–water partition coefficient (Wildman–Crippen LogP) is 3.36. The second-order valence-corrected chi connectivity index (χ2v) is 7.93. The van der Waals surface area contributed by atoms with E-state index in [0.29, 0.717) is 5.41 Å². The molecular formula is C19H28N+. The Morgan fingerprint density at radius 3 is 2.40 bits per heavy atom. The molecule has 4 aliphatic rings. The topological polar surface area (TPSA) is 16.6 Å². The van der Waals surface area contributed by atoms with Crippen molar-refractivity contribution in [2.24, 2.45) is 23.2 Å². The molecule has 4 saturated carbocycles. The van der Waals surface area contributed by atoms with Crippen molar-refractivity contribution in [3.8, 4) is 0 Å². The summed E-state index contributed by atoms with van der Waals surface area (Å²) in [7, 11) is 0. The lowest BCUT2D eigenvalue weighted by Crippen LogP contribution is -2.85. The molecule has 1 nitrogen and oxygen atoms in total. The summed E-state index contributed by atoms with van der Waals surface area (Å²) in [4.78, 5) is 0. The van der Waals surface area contributed by atoms with Gasteiger partial charge in [0, 0.05) is 11.0 Å². The maximum absolute atomic E-state index is 2.60. The summed E-state index contributed by atoms with van der Waals surface area (Å²) in [6.07, 6.45) is 10.9. The molecule has 1 aromatic carbocycles. The maximum Gasteiger partial charge on any atom is 0.101 e. The summed E-state index contributed by atoms with van der Waals surface area (Å²) >= 11 is 0. The van der Waals surface area contributed by atoms with Crippen LogP contribution in [0.2, 0.25) is 0 Å². The van der Waals surface area contributed by atoms with Crippen LogP contribution in [0.5, 0.6) is 0 Å². The lowest BCUT2D eigenvalue weighted by molar-refractivity contribution is -0.683. The molecule has 0 heterocycles. The smallest absolute Gasteiger partial charge is 0.101 e. The van der Waals surface area contributed by atoms with Gasteiger partial charge >= 0.3 is 0 Å². The number of fused-ring (bicyclic) bond motifs is 1. The molecule has 4 atom stereocenters. The molecule has 4 bridgehead atoms. The highest BCUT2D eigenvalue weighted by Gasteiger charge is 2.48. The van der Waals surface area contributed by atoms with Crippen LogP contribution in [0.1, 0.15) is 50.5 Å². The molecule has 0 amide bonds. The fourth-order valence-electron chi connectivity index (χ4n) is 5.72. The normalized spacial score (nSPS) is 38.9. The van der Waals surface area contributed by atoms with Gasteiger partial charge in [-0.05, 0) is 62.7 Å². The first-order valence-corrected chi connectivity index (χ1v) is 8.67. The van der Waals surface area contributed by atoms with Crippen LogP contribution < -0.4 is 5.32 Å². The van der Waals surface area contributed by atoms with Gasteiger partial charge in [0.2, 0.25) is 0 Å². The van der Waals surface area contributed by atoms with Crippen molar-refractivity contribution in [2.45, 2.75) is 51.5 Å². The highest BCUT2D eigenvalue weighted by Crippen LogP contribution is 2.56. The Morgan fingerprint density at radius 2 is 1.65 bits per heavy atom. The van der Waals surface area contributed by atoms with Gasteiger partial charge in [-0.2, -0.15) is 0 Å². The van der Waals surface area contributed by atoms with Crippen LogP contribution in [0.25, 0.3) is 0 Å². The van der Waals surface area contributed by atoms with Crippen LogP contribution in [0.4, 0.5) is 0 Å². The zero-order valence-corrected chi connectivity index (χ0v) is 12.6. The first-order valence-electron chi connectivity index (χ1n) is 8.67. The monoisotopic (exact) mass is 270 g/mol. The van der Waals surface area contributed by atoms with Crippen molar-refractivity contribution in [3.63, 3.8) is 0 Å². The molecule has 0 aliphatic heterocycles. The van der Waals surface area contributed by atoms with Crippen molar-refractivity contribution < 1.29 is 5.32 Å². The predicted molar refractivity (Wildman–Crippen MR) is 82.2 cm³/mol. The van der Waals surface area contributed by atoms with Crippen molar-refractivity contribution >= 4 is 0 Å². The summed E-state index contributed by atoms with van der Waals surface area (Å²) in [6.45, 7) is 2.54. The Hall–Kier alpha value is -0.820. The average Bonchev–Trinajstić information content (AvgIpc) is 2.65. The van der Waals surface area contributed by atoms with E-state index in [9.17, 15) is 0 Å². The van der Waals surface area contributed by atoms with E-state index in [1.165, 1.54) is 31.5 Å². The van der Waals surface area contributed by atoms with Crippen molar-refractivity contribution in [1.82, 2.24) is 0 Å². The highest BCUT2D eigenvalue weighted by atomic mass is 14.9. The van der Waals surface area contributed by atoms with Gasteiger partial charge in [-0.3, -0.25) is 0 Å². The molecule has 5 rings (SSSR count). The quantitative estimate of drug-likeness (QED) is 0.864. The van der Waals surface area contributed by atoms with E-state index in [1.807, 2.05) is 0 Å². The number of rotatable bonds is 4. The SMILES string of the molecule is c1ccc(C[NH2+]CC23CCC4C[C@H](C[C@H](C4)C2)C3)cc1. The number of hydrogen-bond acceptors (Lipinski definition) is 0. The molecule has 2 unspecified atom stereocenters. The molecule has 0 aromatic heterocycles. The van der Waals surface area contributed by atoms with Gasteiger partial charge in [-0.25, -0.2) is 0 Å². The fraction of sp³-hybridized carbons (Fsp3) is 0.684. The van der Waals surface area contributed by atoms with Crippen LogP contribution in [0.3, 0.4) is 0 Å². The number of quaternary nitrogens is 1. The molecule has 4 fully saturated rings. The third kappa shape index (κ3) is 2.53. The minimum atomic E-state index is 0.702. The Bertz CT molecular complexity index is 438. The summed E-state index contributed by atoms with van der Waals surface area (Å²) in [5.74, 6) is 3.26. The van der Waals surface area contributed by atoms with Gasteiger partial charge in [0.1, 0.15) is 6.54 Å². The molecular weight excluding hydrogens is 242 g/mol. The number of benzene rings is 1. The van der Waals surface area contributed by atoms with Gasteiger partial charge in [0.25, 0.3) is 0 Å². The largest absolute Gasteiger partial charge is 0.342 e. The lowest BCUT2D eigenvalue weighted by atomic mass is 9.61. The second kappa shape index (κ2) is 5.18. The Kier molecular flexibility index (Phi) is 3.34. The molecule has 1 heteroatoms. The van der Waals surface area contributed by atoms with E-state index >= 15 is 0 Å². The van der Waals surface area contributed by atoms with E-state index in [-0.39, 0.29) is 0 Å². The first-order chi connectivity index (χ1) is 9.81. The van der Waals surface area contributed by atoms with Crippen molar-refractivity contribution in [2.75, 3.05) is 6.54 Å². The third-order valence-corrected chi connectivity index (χ3v) is 6.33. The Balaban J connectivity index is 1.40. The molecule has 2 N–H and O–H groups in total. The molecule has 0 saturated heterocycles. The van der Waals surface area contributed by atoms with Crippen LogP contribution in [0.15, 0.2) is 30.3 Å². The molecule has 0 spiro atoms. The van der Waals surface area contributed by atoms with Crippen LogP contribution in [0, 0.1) is 23.2 Å². The van der Waals surface area contributed by atoms with Gasteiger partial charge in [-0.1, -0.05) is 30.3 Å². The van der Waals surface area contributed by atoms with Crippen molar-refractivity contribution in [3.05, 3.63) is 35.9 Å². The molecule has 20 heavy (non-hydrogen) atoms. The maximum atomic E-state index is 2.60. The highest BCUT2D eigenvalue weighted by molar-refractivity contribution is 5.13. The minimum Gasteiger partial charge on any atom is -0.342 e. The van der Waals surface area contributed by atoms with Gasteiger partial charge in [0.15, 0.2) is 0 Å². The van der Waals surface area contributed by atoms with Crippen LogP contribution in [-0.2, 0) is 6.54 Å². The standard InChI is InChI=1S/C19H27N/c1-2-4-15(5-3-1)13-20-14-19-7-6-16-8-17(11-19)10-18(9-16)12-19/h1-5,16-18,20H,6-14H2/p+1/t16?,17-,18+,19?. The number of hydrogen-bond donors (Lipinski definition) is 1. The lowest BCUT2D eigenvalue weighted by Gasteiger charge is -2.44. The summed E-state index contributed by atoms with van der Waals surface area (Å²) in [5.41, 5.74) is 2.18. The van der Waals surface area contributed by atoms with E-state index in [2.05, 4.69) is 35.6 Å². The summed E-state index contributed by atoms with van der Waals surface area (Å²) in [6, 6.07) is 11.0. The molecule has 108 valence electrons. The first kappa shape index (κ1) is 12.9. The Labute approximate surface area is 123 Å². The number of nitrogens with two attached hydrogens (primary N) is 1.